The molecule has 0 aliphatic heterocycles. The van der Waals surface area contributed by atoms with Gasteiger partial charge in [-0.1, -0.05) is 0 Å². The zero-order valence-corrected chi connectivity index (χ0v) is 13.2. The molecule has 0 fully saturated rings. The molecule has 1 aromatic rings. The Balaban J connectivity index is 0. The van der Waals surface area contributed by atoms with Gasteiger partial charge in [0.15, 0.2) is 5.82 Å². The van der Waals surface area contributed by atoms with Crippen LogP contribution in [0.15, 0.2) is 18.3 Å². The number of nitrogens with zero attached hydrogens (tertiary/aromatic N) is 5. The second kappa shape index (κ2) is 9.77. The Morgan fingerprint density at radius 2 is 1.79 bits per heavy atom. The quantitative estimate of drug-likeness (QED) is 0.843. The number of hydrogen-bond donors (Lipinski definition) is 0. The summed E-state index contributed by atoms with van der Waals surface area (Å²) >= 11 is 0. The van der Waals surface area contributed by atoms with Crippen LogP contribution >= 0.6 is 24.8 Å². The fraction of sp³-hybridized carbons (Fsp3) is 0.545. The highest BCUT2D eigenvalue weighted by Gasteiger charge is 2.18. The lowest BCUT2D eigenvalue weighted by Crippen LogP contribution is -2.43. The van der Waals surface area contributed by atoms with E-state index in [0.29, 0.717) is 12.4 Å². The second-order valence-corrected chi connectivity index (χ2v) is 4.21. The van der Waals surface area contributed by atoms with E-state index >= 15 is 0 Å². The van der Waals surface area contributed by atoms with Gasteiger partial charge in [-0.25, -0.2) is 4.79 Å². The largest absolute Gasteiger partial charge is 0.330 e. The van der Waals surface area contributed by atoms with E-state index in [2.05, 4.69) is 10.2 Å². The molecule has 0 saturated carbocycles. The van der Waals surface area contributed by atoms with E-state index in [1.165, 1.54) is 4.90 Å². The van der Waals surface area contributed by atoms with Crippen LogP contribution in [0.3, 0.4) is 0 Å². The summed E-state index contributed by atoms with van der Waals surface area (Å²) in [5.74, 6) is 0.577. The first-order valence-electron chi connectivity index (χ1n) is 5.43. The number of rotatable bonds is 4. The van der Waals surface area contributed by atoms with Gasteiger partial charge >= 0.3 is 6.03 Å². The van der Waals surface area contributed by atoms with Crippen molar-refractivity contribution < 1.29 is 4.79 Å². The van der Waals surface area contributed by atoms with Crippen LogP contribution in [0.4, 0.5) is 10.6 Å². The smallest absolute Gasteiger partial charge is 0.325 e. The van der Waals surface area contributed by atoms with E-state index in [-0.39, 0.29) is 30.8 Å². The van der Waals surface area contributed by atoms with E-state index in [9.17, 15) is 4.79 Å². The third-order valence-electron chi connectivity index (χ3n) is 2.22. The highest BCUT2D eigenvalue weighted by atomic mass is 35.5. The van der Waals surface area contributed by atoms with Crippen molar-refractivity contribution in [1.82, 2.24) is 20.0 Å². The Morgan fingerprint density at radius 3 is 2.21 bits per heavy atom. The number of anilines is 1. The zero-order valence-electron chi connectivity index (χ0n) is 11.6. The topological polar surface area (TPSA) is 52.6 Å². The van der Waals surface area contributed by atoms with Gasteiger partial charge in [0.05, 0.1) is 0 Å². The predicted octanol–water partition coefficient (Wildman–Crippen LogP) is 1.37. The van der Waals surface area contributed by atoms with Crippen LogP contribution in [-0.2, 0) is 0 Å². The summed E-state index contributed by atoms with van der Waals surface area (Å²) in [6, 6.07) is 3.46. The monoisotopic (exact) mass is 309 g/mol. The minimum absolute atomic E-state index is 0. The number of hydrogen-bond acceptors (Lipinski definition) is 4. The van der Waals surface area contributed by atoms with E-state index in [0.717, 1.165) is 6.54 Å². The van der Waals surface area contributed by atoms with E-state index in [4.69, 9.17) is 0 Å². The van der Waals surface area contributed by atoms with Gasteiger partial charge in [0, 0.05) is 33.4 Å². The molecule has 1 aromatic heterocycles. The first-order valence-corrected chi connectivity index (χ1v) is 5.43. The van der Waals surface area contributed by atoms with Gasteiger partial charge in [-0.2, -0.15) is 5.10 Å². The fourth-order valence-corrected chi connectivity index (χ4v) is 1.29. The van der Waals surface area contributed by atoms with Crippen LogP contribution in [0.1, 0.15) is 0 Å². The molecule has 0 aliphatic rings. The van der Waals surface area contributed by atoms with Crippen LogP contribution in [0.5, 0.6) is 0 Å². The summed E-state index contributed by atoms with van der Waals surface area (Å²) in [4.78, 5) is 17.2. The summed E-state index contributed by atoms with van der Waals surface area (Å²) in [5, 5.41) is 7.77. The van der Waals surface area contributed by atoms with Gasteiger partial charge in [0.25, 0.3) is 0 Å². The molecule has 2 amide bonds. The van der Waals surface area contributed by atoms with Crippen molar-refractivity contribution in [2.24, 2.45) is 0 Å². The molecule has 110 valence electrons. The lowest BCUT2D eigenvalue weighted by molar-refractivity contribution is 0.222. The van der Waals surface area contributed by atoms with Gasteiger partial charge in [-0.15, -0.1) is 29.9 Å². The maximum absolute atomic E-state index is 12.0. The molecule has 0 saturated heterocycles. The van der Waals surface area contributed by atoms with Crippen LogP contribution in [0, 0.1) is 0 Å². The lowest BCUT2D eigenvalue weighted by Gasteiger charge is -2.25. The molecule has 0 spiro atoms. The van der Waals surface area contributed by atoms with Crippen molar-refractivity contribution >= 4 is 36.7 Å². The van der Waals surface area contributed by atoms with Crippen LogP contribution in [0.25, 0.3) is 0 Å². The van der Waals surface area contributed by atoms with Crippen molar-refractivity contribution in [2.75, 3.05) is 46.2 Å². The van der Waals surface area contributed by atoms with Gasteiger partial charge in [-0.05, 0) is 26.2 Å². The number of carbonyl (C=O) groups is 1. The number of carbonyl (C=O) groups excluding carboxylic acids is 1. The Morgan fingerprint density at radius 1 is 1.16 bits per heavy atom. The van der Waals surface area contributed by atoms with Crippen molar-refractivity contribution in [3.05, 3.63) is 18.3 Å². The summed E-state index contributed by atoms with van der Waals surface area (Å²) in [5.41, 5.74) is 0. The molecule has 0 unspecified atom stereocenters. The van der Waals surface area contributed by atoms with Crippen LogP contribution in [-0.4, -0.2) is 67.3 Å². The molecule has 0 radical (unpaired) electrons. The number of halogens is 2. The predicted molar refractivity (Wildman–Crippen MR) is 81.5 cm³/mol. The molecule has 0 bridgehead atoms. The standard InChI is InChI=1S/C11H19N5O.2ClH/c1-14(2)8-9-16(11(17)15(3)4)10-6-5-7-12-13-10;;/h5-7H,8-9H2,1-4H3;2*1H. The summed E-state index contributed by atoms with van der Waals surface area (Å²) in [7, 11) is 7.38. The first kappa shape index (κ1) is 20.2. The third-order valence-corrected chi connectivity index (χ3v) is 2.22. The van der Waals surface area contributed by atoms with Crippen LogP contribution in [0.2, 0.25) is 0 Å². The van der Waals surface area contributed by atoms with Crippen molar-refractivity contribution in [1.29, 1.82) is 0 Å². The van der Waals surface area contributed by atoms with Gasteiger partial charge in [0.2, 0.25) is 0 Å². The van der Waals surface area contributed by atoms with Gasteiger partial charge in [0.1, 0.15) is 0 Å². The molecule has 1 heterocycles. The third kappa shape index (κ3) is 6.56. The summed E-state index contributed by atoms with van der Waals surface area (Å²) in [6.45, 7) is 1.36. The number of aromatic nitrogens is 2. The number of likely N-dealkylation sites (N-methyl/N-ethyl adjacent to an activating group) is 1. The van der Waals surface area contributed by atoms with Crippen molar-refractivity contribution in [2.45, 2.75) is 0 Å². The Kier molecular flexibility index (Phi) is 10.4. The molecule has 0 aliphatic carbocycles. The zero-order chi connectivity index (χ0) is 12.8. The van der Waals surface area contributed by atoms with Gasteiger partial charge in [-0.3, -0.25) is 4.90 Å². The minimum atomic E-state index is -0.0904. The van der Waals surface area contributed by atoms with Crippen molar-refractivity contribution in [3.8, 4) is 0 Å². The average molecular weight is 310 g/mol. The molecule has 8 heteroatoms. The van der Waals surface area contributed by atoms with E-state index < -0.39 is 0 Å². The summed E-state index contributed by atoms with van der Waals surface area (Å²) < 4.78 is 0. The molecule has 0 atom stereocenters. The Hall–Kier alpha value is -1.11. The molecular formula is C11H21Cl2N5O. The lowest BCUT2D eigenvalue weighted by atomic mass is 10.4. The molecular weight excluding hydrogens is 289 g/mol. The van der Waals surface area contributed by atoms with Crippen molar-refractivity contribution in [3.63, 3.8) is 0 Å². The highest BCUT2D eigenvalue weighted by molar-refractivity contribution is 5.90. The van der Waals surface area contributed by atoms with E-state index in [1.807, 2.05) is 19.0 Å². The maximum Gasteiger partial charge on any atom is 0.325 e. The molecule has 0 aromatic carbocycles. The second-order valence-electron chi connectivity index (χ2n) is 4.21. The molecule has 19 heavy (non-hydrogen) atoms. The fourth-order valence-electron chi connectivity index (χ4n) is 1.29. The van der Waals surface area contributed by atoms with Crippen LogP contribution < -0.4 is 4.90 Å². The normalized spacial score (nSPS) is 9.32. The molecule has 1 rings (SSSR count). The SMILES string of the molecule is CN(C)CCN(C(=O)N(C)C)c1cccnn1.Cl.Cl. The average Bonchev–Trinajstić information content (AvgIpc) is 2.30. The highest BCUT2D eigenvalue weighted by Crippen LogP contribution is 2.09. The van der Waals surface area contributed by atoms with Gasteiger partial charge < -0.3 is 9.80 Å². The maximum atomic E-state index is 12.0. The summed E-state index contributed by atoms with van der Waals surface area (Å²) in [6.07, 6.45) is 1.59. The number of urea groups is 1. The first-order chi connectivity index (χ1) is 8.02. The Labute approximate surface area is 126 Å². The minimum Gasteiger partial charge on any atom is -0.330 e. The molecule has 0 N–H and O–H groups in total. The van der Waals surface area contributed by atoms with E-state index in [1.54, 1.807) is 37.3 Å². The Bertz CT molecular complexity index is 361. The molecule has 6 nitrogen and oxygen atoms in total. The number of amides is 2.